The molecule has 0 aliphatic carbocycles. The molecule has 28 heavy (non-hydrogen) atoms. The molecule has 8 heteroatoms. The summed E-state index contributed by atoms with van der Waals surface area (Å²) in [7, 11) is -4.09. The predicted octanol–water partition coefficient (Wildman–Crippen LogP) is 4.48. The van der Waals surface area contributed by atoms with E-state index in [2.05, 4.69) is 0 Å². The molecule has 3 aromatic rings. The van der Waals surface area contributed by atoms with Gasteiger partial charge in [0.05, 0.1) is 10.5 Å². The van der Waals surface area contributed by atoms with Crippen LogP contribution in [0.25, 0.3) is 22.3 Å². The van der Waals surface area contributed by atoms with Crippen molar-refractivity contribution in [2.75, 3.05) is 6.26 Å². The third-order valence-corrected chi connectivity index (χ3v) is 5.16. The molecule has 146 valence electrons. The van der Waals surface area contributed by atoms with Gasteiger partial charge in [-0.05, 0) is 11.1 Å². The Bertz CT molecular complexity index is 1150. The van der Waals surface area contributed by atoms with Crippen LogP contribution in [0.3, 0.4) is 0 Å². The molecule has 0 aliphatic heterocycles. The van der Waals surface area contributed by atoms with Gasteiger partial charge in [-0.2, -0.15) is 13.2 Å². The van der Waals surface area contributed by atoms with Crippen molar-refractivity contribution >= 4 is 9.84 Å². The SMILES string of the molecule is CS(=O)(=O)c1c(-c2ccccc2)c(CC(F)(F)F)oc(=O)c1-c1ccccc1. The van der Waals surface area contributed by atoms with Crippen molar-refractivity contribution < 1.29 is 26.0 Å². The molecule has 4 nitrogen and oxygen atoms in total. The fraction of sp³-hybridized carbons (Fsp3) is 0.150. The maximum atomic E-state index is 13.1. The molecule has 0 spiro atoms. The molecule has 0 unspecified atom stereocenters. The summed E-state index contributed by atoms with van der Waals surface area (Å²) < 4.78 is 69.6. The van der Waals surface area contributed by atoms with Gasteiger partial charge in [0.1, 0.15) is 12.2 Å². The first-order chi connectivity index (χ1) is 13.1. The lowest BCUT2D eigenvalue weighted by atomic mass is 9.98. The smallest absolute Gasteiger partial charge is 0.396 e. The highest BCUT2D eigenvalue weighted by molar-refractivity contribution is 7.91. The Labute approximate surface area is 159 Å². The molecule has 0 N–H and O–H groups in total. The summed E-state index contributed by atoms with van der Waals surface area (Å²) in [4.78, 5) is 12.1. The second kappa shape index (κ2) is 7.27. The average molecular weight is 408 g/mol. The molecule has 0 radical (unpaired) electrons. The molecule has 0 fully saturated rings. The molecular formula is C20H15F3O4S. The van der Waals surface area contributed by atoms with Crippen LogP contribution in [0.2, 0.25) is 0 Å². The minimum atomic E-state index is -4.69. The van der Waals surface area contributed by atoms with Gasteiger partial charge >= 0.3 is 11.8 Å². The molecule has 0 saturated heterocycles. The summed E-state index contributed by atoms with van der Waals surface area (Å²) in [5, 5.41) is 0. The van der Waals surface area contributed by atoms with Gasteiger partial charge in [-0.1, -0.05) is 60.7 Å². The quantitative estimate of drug-likeness (QED) is 0.639. The van der Waals surface area contributed by atoms with E-state index in [1.54, 1.807) is 36.4 Å². The van der Waals surface area contributed by atoms with Crippen LogP contribution in [-0.2, 0) is 16.3 Å². The lowest BCUT2D eigenvalue weighted by molar-refractivity contribution is -0.130. The van der Waals surface area contributed by atoms with Crippen LogP contribution in [0.5, 0.6) is 0 Å². The first kappa shape index (κ1) is 19.9. The molecule has 0 amide bonds. The molecular weight excluding hydrogens is 393 g/mol. The van der Waals surface area contributed by atoms with Crippen LogP contribution >= 0.6 is 0 Å². The number of rotatable bonds is 4. The third kappa shape index (κ3) is 4.17. The number of sulfone groups is 1. The lowest BCUT2D eigenvalue weighted by Crippen LogP contribution is -2.19. The van der Waals surface area contributed by atoms with Crippen molar-refractivity contribution in [2.24, 2.45) is 0 Å². The number of hydrogen-bond acceptors (Lipinski definition) is 4. The Morgan fingerprint density at radius 1 is 0.857 bits per heavy atom. The van der Waals surface area contributed by atoms with Crippen LogP contribution in [0.1, 0.15) is 5.76 Å². The van der Waals surface area contributed by atoms with Crippen LogP contribution < -0.4 is 5.63 Å². The van der Waals surface area contributed by atoms with E-state index in [9.17, 15) is 26.4 Å². The zero-order chi connectivity index (χ0) is 20.5. The Balaban J connectivity index is 2.50. The summed E-state index contributed by atoms with van der Waals surface area (Å²) in [6, 6.07) is 15.6. The van der Waals surface area contributed by atoms with E-state index in [0.717, 1.165) is 6.26 Å². The zero-order valence-corrected chi connectivity index (χ0v) is 15.5. The molecule has 3 rings (SSSR count). The number of hydrogen-bond donors (Lipinski definition) is 0. The molecule has 1 aromatic heterocycles. The van der Waals surface area contributed by atoms with E-state index in [4.69, 9.17) is 4.42 Å². The van der Waals surface area contributed by atoms with Gasteiger partial charge in [0.15, 0.2) is 9.84 Å². The molecule has 1 heterocycles. The minimum absolute atomic E-state index is 0.211. The Morgan fingerprint density at radius 3 is 1.75 bits per heavy atom. The second-order valence-corrected chi connectivity index (χ2v) is 8.14. The van der Waals surface area contributed by atoms with Crippen LogP contribution in [0.4, 0.5) is 13.2 Å². The Kier molecular flexibility index (Phi) is 5.16. The van der Waals surface area contributed by atoms with Crippen molar-refractivity contribution in [3.05, 3.63) is 76.8 Å². The van der Waals surface area contributed by atoms with Gasteiger partial charge < -0.3 is 4.42 Å². The van der Waals surface area contributed by atoms with Crippen molar-refractivity contribution in [2.45, 2.75) is 17.5 Å². The Morgan fingerprint density at radius 2 is 1.32 bits per heavy atom. The molecule has 0 aliphatic rings. The normalized spacial score (nSPS) is 12.1. The van der Waals surface area contributed by atoms with Gasteiger partial charge in [0.25, 0.3) is 0 Å². The van der Waals surface area contributed by atoms with Crippen LogP contribution in [0.15, 0.2) is 74.8 Å². The number of halogens is 3. The number of benzene rings is 2. The first-order valence-electron chi connectivity index (χ1n) is 8.15. The molecule has 0 atom stereocenters. The Hall–Kier alpha value is -2.87. The van der Waals surface area contributed by atoms with E-state index in [1.165, 1.54) is 24.3 Å². The summed E-state index contributed by atoms with van der Waals surface area (Å²) in [6.45, 7) is 0. The zero-order valence-electron chi connectivity index (χ0n) is 14.7. The van der Waals surface area contributed by atoms with Gasteiger partial charge in [0.2, 0.25) is 0 Å². The highest BCUT2D eigenvalue weighted by Crippen LogP contribution is 2.38. The van der Waals surface area contributed by atoms with E-state index in [1.807, 2.05) is 0 Å². The van der Waals surface area contributed by atoms with E-state index in [-0.39, 0.29) is 22.3 Å². The second-order valence-electron chi connectivity index (χ2n) is 6.19. The summed E-state index contributed by atoms with van der Waals surface area (Å²) >= 11 is 0. The van der Waals surface area contributed by atoms with Gasteiger partial charge in [-0.15, -0.1) is 0 Å². The molecule has 2 aromatic carbocycles. The van der Waals surface area contributed by atoms with Gasteiger partial charge in [-0.3, -0.25) is 0 Å². The van der Waals surface area contributed by atoms with Crippen LogP contribution in [0, 0.1) is 0 Å². The summed E-state index contributed by atoms with van der Waals surface area (Å²) in [5.41, 5.74) is -1.21. The average Bonchev–Trinajstić information content (AvgIpc) is 2.60. The predicted molar refractivity (Wildman–Crippen MR) is 98.7 cm³/mol. The van der Waals surface area contributed by atoms with Crippen molar-refractivity contribution in [1.82, 2.24) is 0 Å². The summed E-state index contributed by atoms with van der Waals surface area (Å²) in [5.74, 6) is -0.733. The van der Waals surface area contributed by atoms with Gasteiger partial charge in [0, 0.05) is 11.8 Å². The monoisotopic (exact) mass is 408 g/mol. The van der Waals surface area contributed by atoms with E-state index < -0.39 is 38.7 Å². The van der Waals surface area contributed by atoms with Crippen molar-refractivity contribution in [1.29, 1.82) is 0 Å². The van der Waals surface area contributed by atoms with Gasteiger partial charge in [-0.25, -0.2) is 13.2 Å². The number of alkyl halides is 3. The largest absolute Gasteiger partial charge is 0.426 e. The van der Waals surface area contributed by atoms with E-state index >= 15 is 0 Å². The molecule has 0 bridgehead atoms. The highest BCUT2D eigenvalue weighted by Gasteiger charge is 2.35. The third-order valence-electron chi connectivity index (χ3n) is 4.01. The maximum Gasteiger partial charge on any atom is 0.396 e. The standard InChI is InChI=1S/C20H15F3O4S/c1-28(25,26)18-16(13-8-4-2-5-9-13)15(12-20(21,22)23)27-19(24)17(18)14-10-6-3-7-11-14/h2-11H,12H2,1H3. The van der Waals surface area contributed by atoms with Crippen molar-refractivity contribution in [3.8, 4) is 22.3 Å². The fourth-order valence-corrected chi connectivity index (χ4v) is 4.16. The maximum absolute atomic E-state index is 13.1. The highest BCUT2D eigenvalue weighted by atomic mass is 32.2. The lowest BCUT2D eigenvalue weighted by Gasteiger charge is -2.17. The minimum Gasteiger partial charge on any atom is -0.426 e. The van der Waals surface area contributed by atoms with E-state index in [0.29, 0.717) is 0 Å². The van der Waals surface area contributed by atoms with Crippen molar-refractivity contribution in [3.63, 3.8) is 0 Å². The first-order valence-corrected chi connectivity index (χ1v) is 10.0. The topological polar surface area (TPSA) is 64.3 Å². The van der Waals surface area contributed by atoms with Crippen LogP contribution in [-0.4, -0.2) is 20.8 Å². The summed E-state index contributed by atoms with van der Waals surface area (Å²) in [6.07, 6.45) is -5.40. The fourth-order valence-electron chi connectivity index (χ4n) is 2.99. The molecule has 0 saturated carbocycles.